The van der Waals surface area contributed by atoms with Crippen LogP contribution in [0.25, 0.3) is 0 Å². The maximum absolute atomic E-state index is 12.1. The zero-order valence-electron chi connectivity index (χ0n) is 12.0. The van der Waals surface area contributed by atoms with E-state index in [-0.39, 0.29) is 11.9 Å². The molecule has 2 N–H and O–H groups in total. The summed E-state index contributed by atoms with van der Waals surface area (Å²) in [4.78, 5) is 28.9. The molecule has 0 saturated heterocycles. The predicted octanol–water partition coefficient (Wildman–Crippen LogP) is 1.72. The van der Waals surface area contributed by atoms with Gasteiger partial charge in [-0.1, -0.05) is 19.9 Å². The van der Waals surface area contributed by atoms with Gasteiger partial charge in [-0.2, -0.15) is 0 Å². The van der Waals surface area contributed by atoms with Crippen molar-refractivity contribution in [2.24, 2.45) is 5.92 Å². The quantitative estimate of drug-likeness (QED) is 0.830. The lowest BCUT2D eigenvalue weighted by molar-refractivity contribution is -0.140. The van der Waals surface area contributed by atoms with Crippen LogP contribution in [0.1, 0.15) is 26.5 Å². The summed E-state index contributed by atoms with van der Waals surface area (Å²) in [5.74, 6) is -1.20. The van der Waals surface area contributed by atoms with Crippen LogP contribution in [0.15, 0.2) is 24.4 Å². The van der Waals surface area contributed by atoms with Gasteiger partial charge in [0.2, 0.25) is 0 Å². The largest absolute Gasteiger partial charge is 0.480 e. The van der Waals surface area contributed by atoms with Gasteiger partial charge >= 0.3 is 12.0 Å². The topological polar surface area (TPSA) is 82.5 Å². The molecule has 0 aliphatic carbocycles. The molecular weight excluding hydrogens is 258 g/mol. The van der Waals surface area contributed by atoms with Crippen LogP contribution in [-0.2, 0) is 11.3 Å². The Kier molecular flexibility index (Phi) is 5.96. The van der Waals surface area contributed by atoms with Gasteiger partial charge in [-0.05, 0) is 25.0 Å². The van der Waals surface area contributed by atoms with Crippen molar-refractivity contribution in [3.63, 3.8) is 0 Å². The molecule has 20 heavy (non-hydrogen) atoms. The van der Waals surface area contributed by atoms with Crippen molar-refractivity contribution in [3.05, 3.63) is 30.1 Å². The Bertz CT molecular complexity index is 448. The number of carbonyl (C=O) groups is 2. The van der Waals surface area contributed by atoms with E-state index in [0.717, 1.165) is 5.69 Å². The fourth-order valence-electron chi connectivity index (χ4n) is 1.75. The maximum Gasteiger partial charge on any atom is 0.326 e. The van der Waals surface area contributed by atoms with Crippen LogP contribution in [0, 0.1) is 5.92 Å². The number of nitrogens with zero attached hydrogens (tertiary/aromatic N) is 2. The number of hydrogen-bond donors (Lipinski definition) is 2. The zero-order valence-corrected chi connectivity index (χ0v) is 12.0. The minimum Gasteiger partial charge on any atom is -0.480 e. The molecule has 0 aliphatic heterocycles. The fourth-order valence-corrected chi connectivity index (χ4v) is 1.75. The molecule has 2 amide bonds. The van der Waals surface area contributed by atoms with E-state index >= 15 is 0 Å². The standard InChI is InChI=1S/C14H21N3O3/c1-4-17(9-11-7-5-6-8-15-11)14(20)16-12(10(2)3)13(18)19/h5-8,10,12H,4,9H2,1-3H3,(H,16,20)(H,18,19). The molecule has 110 valence electrons. The molecule has 0 bridgehead atoms. The van der Waals surface area contributed by atoms with E-state index in [1.165, 1.54) is 4.90 Å². The first-order chi connectivity index (χ1) is 9.45. The molecule has 0 spiro atoms. The number of carboxylic acids is 1. The third-order valence-electron chi connectivity index (χ3n) is 2.96. The lowest BCUT2D eigenvalue weighted by atomic mass is 10.1. The lowest BCUT2D eigenvalue weighted by Gasteiger charge is -2.25. The normalized spacial score (nSPS) is 12.0. The molecule has 1 aromatic heterocycles. The first kappa shape index (κ1) is 15.9. The van der Waals surface area contributed by atoms with Crippen molar-refractivity contribution < 1.29 is 14.7 Å². The summed E-state index contributed by atoms with van der Waals surface area (Å²) in [6.45, 7) is 6.19. The van der Waals surface area contributed by atoms with Crippen molar-refractivity contribution >= 4 is 12.0 Å². The molecular formula is C14H21N3O3. The van der Waals surface area contributed by atoms with Gasteiger partial charge in [-0.15, -0.1) is 0 Å². The minimum atomic E-state index is -1.03. The van der Waals surface area contributed by atoms with E-state index in [2.05, 4.69) is 10.3 Å². The van der Waals surface area contributed by atoms with Crippen LogP contribution >= 0.6 is 0 Å². The Morgan fingerprint density at radius 1 is 1.40 bits per heavy atom. The second-order valence-electron chi connectivity index (χ2n) is 4.84. The lowest BCUT2D eigenvalue weighted by Crippen LogP contribution is -2.49. The summed E-state index contributed by atoms with van der Waals surface area (Å²) < 4.78 is 0. The monoisotopic (exact) mass is 279 g/mol. The number of pyridine rings is 1. The number of amides is 2. The third-order valence-corrected chi connectivity index (χ3v) is 2.96. The van der Waals surface area contributed by atoms with Crippen molar-refractivity contribution in [2.45, 2.75) is 33.4 Å². The Morgan fingerprint density at radius 3 is 2.55 bits per heavy atom. The Balaban J connectivity index is 2.69. The summed E-state index contributed by atoms with van der Waals surface area (Å²) in [6.07, 6.45) is 1.66. The number of rotatable bonds is 6. The van der Waals surface area contributed by atoms with Gasteiger partial charge in [0.05, 0.1) is 12.2 Å². The van der Waals surface area contributed by atoms with E-state index in [1.807, 2.05) is 19.1 Å². The fraction of sp³-hybridized carbons (Fsp3) is 0.500. The highest BCUT2D eigenvalue weighted by Gasteiger charge is 2.25. The van der Waals surface area contributed by atoms with Crippen LogP contribution in [-0.4, -0.2) is 39.6 Å². The minimum absolute atomic E-state index is 0.176. The number of aliphatic carboxylic acids is 1. The van der Waals surface area contributed by atoms with Gasteiger partial charge in [-0.25, -0.2) is 9.59 Å². The molecule has 6 nitrogen and oxygen atoms in total. The van der Waals surface area contributed by atoms with E-state index in [4.69, 9.17) is 5.11 Å². The van der Waals surface area contributed by atoms with Gasteiger partial charge < -0.3 is 15.3 Å². The highest BCUT2D eigenvalue weighted by Crippen LogP contribution is 2.05. The van der Waals surface area contributed by atoms with Crippen LogP contribution in [0.5, 0.6) is 0 Å². The van der Waals surface area contributed by atoms with Crippen LogP contribution in [0.2, 0.25) is 0 Å². The molecule has 6 heteroatoms. The highest BCUT2D eigenvalue weighted by atomic mass is 16.4. The van der Waals surface area contributed by atoms with Crippen molar-refractivity contribution in [2.75, 3.05) is 6.54 Å². The Morgan fingerprint density at radius 2 is 2.10 bits per heavy atom. The van der Waals surface area contributed by atoms with Crippen molar-refractivity contribution in [3.8, 4) is 0 Å². The number of urea groups is 1. The Labute approximate surface area is 118 Å². The second kappa shape index (κ2) is 7.47. The van der Waals surface area contributed by atoms with Gasteiger partial charge in [0, 0.05) is 12.7 Å². The highest BCUT2D eigenvalue weighted by molar-refractivity contribution is 5.82. The molecule has 1 aromatic rings. The second-order valence-corrected chi connectivity index (χ2v) is 4.84. The number of hydrogen-bond acceptors (Lipinski definition) is 3. The Hall–Kier alpha value is -2.11. The van der Waals surface area contributed by atoms with Crippen LogP contribution in [0.4, 0.5) is 4.79 Å². The first-order valence-corrected chi connectivity index (χ1v) is 6.63. The molecule has 1 heterocycles. The maximum atomic E-state index is 12.1. The molecule has 0 aromatic carbocycles. The molecule has 0 fully saturated rings. The third kappa shape index (κ3) is 4.53. The number of carboxylic acid groups (broad SMARTS) is 1. The average molecular weight is 279 g/mol. The smallest absolute Gasteiger partial charge is 0.326 e. The van der Waals surface area contributed by atoms with E-state index in [9.17, 15) is 9.59 Å². The van der Waals surface area contributed by atoms with Gasteiger partial charge in [-0.3, -0.25) is 4.98 Å². The molecule has 1 rings (SSSR count). The zero-order chi connectivity index (χ0) is 15.1. The summed E-state index contributed by atoms with van der Waals surface area (Å²) >= 11 is 0. The SMILES string of the molecule is CCN(Cc1ccccn1)C(=O)NC(C(=O)O)C(C)C. The van der Waals surface area contributed by atoms with Crippen LogP contribution in [0.3, 0.4) is 0 Å². The van der Waals surface area contributed by atoms with Gasteiger partial charge in [0.15, 0.2) is 0 Å². The van der Waals surface area contributed by atoms with E-state index < -0.39 is 12.0 Å². The molecule has 0 saturated carbocycles. The average Bonchev–Trinajstić information content (AvgIpc) is 2.42. The number of nitrogens with one attached hydrogen (secondary N) is 1. The van der Waals surface area contributed by atoms with E-state index in [1.54, 1.807) is 26.1 Å². The van der Waals surface area contributed by atoms with Crippen molar-refractivity contribution in [1.82, 2.24) is 15.2 Å². The summed E-state index contributed by atoms with van der Waals surface area (Å²) in [6, 6.07) is 4.20. The summed E-state index contributed by atoms with van der Waals surface area (Å²) in [5.41, 5.74) is 0.765. The first-order valence-electron chi connectivity index (χ1n) is 6.63. The summed E-state index contributed by atoms with van der Waals surface area (Å²) in [5, 5.41) is 11.6. The van der Waals surface area contributed by atoms with Crippen LogP contribution < -0.4 is 5.32 Å². The van der Waals surface area contributed by atoms with Gasteiger partial charge in [0.25, 0.3) is 0 Å². The predicted molar refractivity (Wildman–Crippen MR) is 75.1 cm³/mol. The molecule has 1 unspecified atom stereocenters. The van der Waals surface area contributed by atoms with Crippen molar-refractivity contribution in [1.29, 1.82) is 0 Å². The number of aromatic nitrogens is 1. The molecule has 0 aliphatic rings. The molecule has 0 radical (unpaired) electrons. The summed E-state index contributed by atoms with van der Waals surface area (Å²) in [7, 11) is 0. The number of carbonyl (C=O) groups excluding carboxylic acids is 1. The van der Waals surface area contributed by atoms with Gasteiger partial charge in [0.1, 0.15) is 6.04 Å². The molecule has 1 atom stereocenters. The van der Waals surface area contributed by atoms with E-state index in [0.29, 0.717) is 13.1 Å².